The lowest BCUT2D eigenvalue weighted by molar-refractivity contribution is -0.132. The van der Waals surface area contributed by atoms with E-state index in [0.717, 1.165) is 17.0 Å². The minimum absolute atomic E-state index is 0.00547. The van der Waals surface area contributed by atoms with Crippen LogP contribution in [0.5, 0.6) is 0 Å². The Bertz CT molecular complexity index is 1170. The van der Waals surface area contributed by atoms with Crippen molar-refractivity contribution < 1.29 is 13.2 Å². The van der Waals surface area contributed by atoms with Gasteiger partial charge in [0.05, 0.1) is 0 Å². The van der Waals surface area contributed by atoms with E-state index in [0.29, 0.717) is 31.7 Å². The van der Waals surface area contributed by atoms with Crippen LogP contribution in [0.25, 0.3) is 5.78 Å². The molecule has 158 valence electrons. The maximum absolute atomic E-state index is 12.7. The Hall–Kier alpha value is -2.92. The van der Waals surface area contributed by atoms with Gasteiger partial charge in [-0.15, -0.1) is 0 Å². The Morgan fingerprint density at radius 3 is 2.63 bits per heavy atom. The van der Waals surface area contributed by atoms with Crippen molar-refractivity contribution in [2.75, 3.05) is 26.2 Å². The molecule has 1 fully saturated rings. The van der Waals surface area contributed by atoms with E-state index in [1.54, 1.807) is 15.5 Å². The number of carbonyl (C=O) groups is 1. The molecule has 11 heteroatoms. The third kappa shape index (κ3) is 3.77. The number of aromatic nitrogens is 5. The van der Waals surface area contributed by atoms with Crippen LogP contribution in [0.2, 0.25) is 0 Å². The van der Waals surface area contributed by atoms with E-state index in [-0.39, 0.29) is 23.9 Å². The average Bonchev–Trinajstić information content (AvgIpc) is 3.22. The Labute approximate surface area is 174 Å². The fourth-order valence-corrected chi connectivity index (χ4v) is 5.12. The maximum atomic E-state index is 12.7. The first-order valence-corrected chi connectivity index (χ1v) is 11.2. The van der Waals surface area contributed by atoms with E-state index in [1.807, 2.05) is 13.8 Å². The summed E-state index contributed by atoms with van der Waals surface area (Å²) in [6, 6.07) is 3.13. The fourth-order valence-electron chi connectivity index (χ4n) is 3.73. The molecule has 0 unspecified atom stereocenters. The number of carbonyl (C=O) groups excluding carboxylic acids is 1. The number of sulfonamides is 1. The Kier molecular flexibility index (Phi) is 5.48. The van der Waals surface area contributed by atoms with E-state index in [4.69, 9.17) is 0 Å². The summed E-state index contributed by atoms with van der Waals surface area (Å²) in [5.74, 6) is 0.553. The second-order valence-corrected chi connectivity index (χ2v) is 9.14. The maximum Gasteiger partial charge on any atom is 0.252 e. The molecule has 10 nitrogen and oxygen atoms in total. The molecule has 4 heterocycles. The standard InChI is InChI=1S/C19H23N7O3S/c1-14-17(15(2)26-19(23-14)21-13-22-26)5-6-18(27)24-8-10-25(11-9-24)30(28,29)16-4-3-7-20-12-16/h3-4,7,12-13H,5-6,8-11H2,1-2H3. The zero-order chi connectivity index (χ0) is 21.3. The monoisotopic (exact) mass is 429 g/mol. The van der Waals surface area contributed by atoms with Crippen molar-refractivity contribution in [1.29, 1.82) is 0 Å². The third-order valence-corrected chi connectivity index (χ3v) is 7.32. The molecule has 3 aromatic rings. The third-order valence-electron chi connectivity index (χ3n) is 5.44. The molecule has 30 heavy (non-hydrogen) atoms. The summed E-state index contributed by atoms with van der Waals surface area (Å²) in [5.41, 5.74) is 2.75. The molecular weight excluding hydrogens is 406 g/mol. The van der Waals surface area contributed by atoms with Crippen molar-refractivity contribution >= 4 is 21.7 Å². The van der Waals surface area contributed by atoms with Gasteiger partial charge >= 0.3 is 0 Å². The molecule has 1 aliphatic rings. The molecule has 0 spiro atoms. The van der Waals surface area contributed by atoms with Gasteiger partial charge in [-0.3, -0.25) is 9.78 Å². The van der Waals surface area contributed by atoms with Crippen molar-refractivity contribution in [3.8, 4) is 0 Å². The number of rotatable bonds is 5. The van der Waals surface area contributed by atoms with Crippen LogP contribution in [0.15, 0.2) is 35.7 Å². The zero-order valence-electron chi connectivity index (χ0n) is 16.9. The van der Waals surface area contributed by atoms with Crippen LogP contribution in [0.4, 0.5) is 0 Å². The van der Waals surface area contributed by atoms with Gasteiger partial charge in [0.15, 0.2) is 0 Å². The summed E-state index contributed by atoms with van der Waals surface area (Å²) in [4.78, 5) is 27.1. The summed E-state index contributed by atoms with van der Waals surface area (Å²) < 4.78 is 28.5. The van der Waals surface area contributed by atoms with Crippen molar-refractivity contribution in [3.63, 3.8) is 0 Å². The van der Waals surface area contributed by atoms with Crippen LogP contribution in [-0.2, 0) is 21.2 Å². The molecule has 4 rings (SSSR count). The normalized spacial score (nSPS) is 15.6. The molecule has 3 aromatic heterocycles. The summed E-state index contributed by atoms with van der Waals surface area (Å²) in [7, 11) is -3.58. The largest absolute Gasteiger partial charge is 0.340 e. The predicted octanol–water partition coefficient (Wildman–Crippen LogP) is 0.602. The van der Waals surface area contributed by atoms with Gasteiger partial charge < -0.3 is 4.90 Å². The fraction of sp³-hybridized carbons (Fsp3) is 0.421. The predicted molar refractivity (Wildman–Crippen MR) is 108 cm³/mol. The van der Waals surface area contributed by atoms with Gasteiger partial charge in [-0.05, 0) is 38.0 Å². The van der Waals surface area contributed by atoms with E-state index in [9.17, 15) is 13.2 Å². The van der Waals surface area contributed by atoms with Crippen LogP contribution >= 0.6 is 0 Å². The smallest absolute Gasteiger partial charge is 0.252 e. The van der Waals surface area contributed by atoms with Crippen LogP contribution < -0.4 is 0 Å². The number of fused-ring (bicyclic) bond motifs is 1. The topological polar surface area (TPSA) is 114 Å². The van der Waals surface area contributed by atoms with Crippen LogP contribution in [0.1, 0.15) is 23.4 Å². The highest BCUT2D eigenvalue weighted by Gasteiger charge is 2.30. The lowest BCUT2D eigenvalue weighted by atomic mass is 10.1. The number of pyridine rings is 1. The first-order chi connectivity index (χ1) is 14.4. The number of nitrogens with zero attached hydrogens (tertiary/aromatic N) is 7. The molecule has 1 saturated heterocycles. The highest BCUT2D eigenvalue weighted by molar-refractivity contribution is 7.89. The SMILES string of the molecule is Cc1nc2ncnn2c(C)c1CCC(=O)N1CCN(S(=O)(=O)c2cccnc2)CC1. The second-order valence-electron chi connectivity index (χ2n) is 7.21. The van der Waals surface area contributed by atoms with Crippen LogP contribution in [-0.4, -0.2) is 74.3 Å². The van der Waals surface area contributed by atoms with Gasteiger partial charge in [0.2, 0.25) is 15.9 Å². The molecule has 0 bridgehead atoms. The van der Waals surface area contributed by atoms with Gasteiger partial charge in [-0.1, -0.05) is 0 Å². The Morgan fingerprint density at radius 2 is 1.93 bits per heavy atom. The molecular formula is C19H23N7O3S. The number of amides is 1. The van der Waals surface area contributed by atoms with E-state index < -0.39 is 10.0 Å². The highest BCUT2D eigenvalue weighted by atomic mass is 32.2. The minimum atomic E-state index is -3.58. The van der Waals surface area contributed by atoms with Crippen molar-refractivity contribution in [3.05, 3.63) is 47.8 Å². The summed E-state index contributed by atoms with van der Waals surface area (Å²) in [6.45, 7) is 5.14. The van der Waals surface area contributed by atoms with E-state index in [1.165, 1.54) is 29.1 Å². The molecule has 0 radical (unpaired) electrons. The van der Waals surface area contributed by atoms with Gasteiger partial charge in [-0.25, -0.2) is 17.9 Å². The van der Waals surface area contributed by atoms with Crippen molar-refractivity contribution in [1.82, 2.24) is 33.8 Å². The van der Waals surface area contributed by atoms with Gasteiger partial charge in [0.1, 0.15) is 11.2 Å². The van der Waals surface area contributed by atoms with Gasteiger partial charge in [0, 0.05) is 56.4 Å². The molecule has 0 aromatic carbocycles. The van der Waals surface area contributed by atoms with Crippen LogP contribution in [0.3, 0.4) is 0 Å². The average molecular weight is 430 g/mol. The number of aryl methyl sites for hydroxylation is 2. The molecule has 0 saturated carbocycles. The Balaban J connectivity index is 1.37. The highest BCUT2D eigenvalue weighted by Crippen LogP contribution is 2.18. The molecule has 0 aliphatic carbocycles. The van der Waals surface area contributed by atoms with Gasteiger partial charge in [0.25, 0.3) is 5.78 Å². The lowest BCUT2D eigenvalue weighted by Gasteiger charge is -2.34. The van der Waals surface area contributed by atoms with Crippen molar-refractivity contribution in [2.45, 2.75) is 31.6 Å². The number of piperazine rings is 1. The summed E-state index contributed by atoms with van der Waals surface area (Å²) in [6.07, 6.45) is 5.22. The summed E-state index contributed by atoms with van der Waals surface area (Å²) in [5, 5.41) is 4.17. The quantitative estimate of drug-likeness (QED) is 0.583. The number of hydrogen-bond acceptors (Lipinski definition) is 7. The van der Waals surface area contributed by atoms with Gasteiger partial charge in [-0.2, -0.15) is 14.4 Å². The number of hydrogen-bond donors (Lipinski definition) is 0. The van der Waals surface area contributed by atoms with Crippen molar-refractivity contribution in [2.24, 2.45) is 0 Å². The molecule has 0 N–H and O–H groups in total. The second kappa shape index (κ2) is 8.07. The van der Waals surface area contributed by atoms with E-state index in [2.05, 4.69) is 20.1 Å². The first-order valence-electron chi connectivity index (χ1n) is 9.71. The summed E-state index contributed by atoms with van der Waals surface area (Å²) >= 11 is 0. The molecule has 1 aliphatic heterocycles. The molecule has 0 atom stereocenters. The van der Waals surface area contributed by atoms with E-state index >= 15 is 0 Å². The zero-order valence-corrected chi connectivity index (χ0v) is 17.7. The van der Waals surface area contributed by atoms with Crippen LogP contribution in [0, 0.1) is 13.8 Å². The minimum Gasteiger partial charge on any atom is -0.340 e. The lowest BCUT2D eigenvalue weighted by Crippen LogP contribution is -2.50. The Morgan fingerprint density at radius 1 is 1.17 bits per heavy atom. The molecule has 1 amide bonds. The first kappa shape index (κ1) is 20.4.